The van der Waals surface area contributed by atoms with Gasteiger partial charge in [0.2, 0.25) is 0 Å². The Kier molecular flexibility index (Phi) is 10.2. The zero-order valence-corrected chi connectivity index (χ0v) is 44.5. The summed E-state index contributed by atoms with van der Waals surface area (Å²) in [7, 11) is 0. The van der Waals surface area contributed by atoms with Crippen molar-refractivity contribution < 1.29 is 4.42 Å². The molecular formula is C68H67BN2O. The molecule has 0 fully saturated rings. The molecule has 12 rings (SSSR count). The smallest absolute Gasteiger partial charge is 0.333 e. The van der Waals surface area contributed by atoms with Crippen LogP contribution >= 0.6 is 0 Å². The lowest BCUT2D eigenvalue weighted by Gasteiger charge is -2.42. The fourth-order valence-electron chi connectivity index (χ4n) is 12.0. The maximum Gasteiger partial charge on any atom is 0.333 e. The normalized spacial score (nSPS) is 13.7. The Hall–Kier alpha value is -7.04. The number of fused-ring (bicyclic) bond motifs is 9. The molecular weight excluding hydrogens is 872 g/mol. The summed E-state index contributed by atoms with van der Waals surface area (Å²) in [6, 6.07) is 62.9. The first-order chi connectivity index (χ1) is 34.2. The van der Waals surface area contributed by atoms with Crippen LogP contribution in [0.15, 0.2) is 168 Å². The summed E-state index contributed by atoms with van der Waals surface area (Å²) in [5.74, 6) is -0.0558. The largest absolute Gasteiger partial charge is 0.454 e. The monoisotopic (exact) mass is 939 g/mol. The molecule has 3 nitrogen and oxygen atoms in total. The van der Waals surface area contributed by atoms with Crippen molar-refractivity contribution >= 4 is 67.8 Å². The fraction of sp³-hybridized carbons (Fsp3) is 0.265. The van der Waals surface area contributed by atoms with Crippen LogP contribution in [-0.2, 0) is 21.7 Å². The number of furan rings is 1. The maximum absolute atomic E-state index is 7.30. The summed E-state index contributed by atoms with van der Waals surface area (Å²) >= 11 is 0. The Balaban J connectivity index is 1.20. The van der Waals surface area contributed by atoms with E-state index in [0.717, 1.165) is 22.1 Å². The van der Waals surface area contributed by atoms with Gasteiger partial charge in [-0.2, -0.15) is 0 Å². The molecule has 358 valence electrons. The van der Waals surface area contributed by atoms with Crippen molar-refractivity contribution in [3.8, 4) is 22.3 Å². The lowest BCUT2D eigenvalue weighted by atomic mass is 9.45. The first-order valence-corrected chi connectivity index (χ1v) is 26.2. The lowest BCUT2D eigenvalue weighted by Crippen LogP contribution is -2.56. The van der Waals surface area contributed by atoms with Crippen molar-refractivity contribution in [2.75, 3.05) is 4.90 Å². The Labute approximate surface area is 427 Å². The summed E-state index contributed by atoms with van der Waals surface area (Å²) in [5.41, 5.74) is 25.7. The average Bonchev–Trinajstić information content (AvgIpc) is 3.88. The molecule has 4 heteroatoms. The highest BCUT2D eigenvalue weighted by Crippen LogP contribution is 2.52. The number of benzene rings is 8. The highest BCUT2D eigenvalue weighted by molar-refractivity contribution is 6.90. The molecule has 72 heavy (non-hydrogen) atoms. The van der Waals surface area contributed by atoms with Crippen LogP contribution in [0, 0.1) is 6.92 Å². The molecule has 0 amide bonds. The Morgan fingerprint density at radius 2 is 1.03 bits per heavy atom. The van der Waals surface area contributed by atoms with Crippen molar-refractivity contribution in [3.63, 3.8) is 0 Å². The Morgan fingerprint density at radius 1 is 0.458 bits per heavy atom. The van der Waals surface area contributed by atoms with E-state index < -0.39 is 0 Å². The number of rotatable bonds is 5. The third-order valence-corrected chi connectivity index (χ3v) is 16.0. The molecule has 2 aromatic heterocycles. The van der Waals surface area contributed by atoms with Crippen molar-refractivity contribution in [2.24, 2.45) is 0 Å². The van der Waals surface area contributed by atoms with Gasteiger partial charge in [-0.15, -0.1) is 0 Å². The van der Waals surface area contributed by atoms with Gasteiger partial charge < -0.3 is 13.8 Å². The van der Waals surface area contributed by atoms with Crippen LogP contribution in [-0.4, -0.2) is 11.3 Å². The summed E-state index contributed by atoms with van der Waals surface area (Å²) in [5, 5.41) is 2.33. The predicted octanol–water partition coefficient (Wildman–Crippen LogP) is 17.3. The van der Waals surface area contributed by atoms with E-state index in [2.05, 4.69) is 263 Å². The molecule has 2 aliphatic heterocycles. The Bertz CT molecular complexity index is 3730. The van der Waals surface area contributed by atoms with E-state index in [1.807, 2.05) is 0 Å². The summed E-state index contributed by atoms with van der Waals surface area (Å²) < 4.78 is 10.0. The third-order valence-electron chi connectivity index (χ3n) is 16.0. The molecule has 0 unspecified atom stereocenters. The molecule has 0 radical (unpaired) electrons. The van der Waals surface area contributed by atoms with Gasteiger partial charge in [0.15, 0.2) is 5.58 Å². The third kappa shape index (κ3) is 7.22. The number of hydrogen-bond donors (Lipinski definition) is 0. The molecule has 0 saturated carbocycles. The summed E-state index contributed by atoms with van der Waals surface area (Å²) in [4.78, 5) is 2.62. The quantitative estimate of drug-likeness (QED) is 0.127. The second-order valence-electron chi connectivity index (χ2n) is 25.1. The van der Waals surface area contributed by atoms with E-state index in [-0.39, 0.29) is 34.4 Å². The average molecular weight is 939 g/mol. The predicted molar refractivity (Wildman–Crippen MR) is 309 cm³/mol. The van der Waals surface area contributed by atoms with E-state index in [1.54, 1.807) is 0 Å². The molecule has 0 saturated heterocycles. The van der Waals surface area contributed by atoms with Gasteiger partial charge in [-0.1, -0.05) is 210 Å². The van der Waals surface area contributed by atoms with E-state index in [4.69, 9.17) is 4.42 Å². The second kappa shape index (κ2) is 16.0. The van der Waals surface area contributed by atoms with Crippen LogP contribution in [0.2, 0.25) is 0 Å². The van der Waals surface area contributed by atoms with Gasteiger partial charge in [0.05, 0.1) is 11.2 Å². The van der Waals surface area contributed by atoms with E-state index in [9.17, 15) is 0 Å². The number of aromatic nitrogens is 1. The first-order valence-electron chi connectivity index (χ1n) is 26.2. The van der Waals surface area contributed by atoms with Gasteiger partial charge in [-0.05, 0) is 132 Å². The van der Waals surface area contributed by atoms with Gasteiger partial charge in [-0.25, -0.2) is 0 Å². The molecule has 10 aromatic rings. The van der Waals surface area contributed by atoms with Gasteiger partial charge in [0.25, 0.3) is 0 Å². The van der Waals surface area contributed by atoms with E-state index in [1.165, 1.54) is 106 Å². The van der Waals surface area contributed by atoms with Gasteiger partial charge in [0, 0.05) is 44.7 Å². The van der Waals surface area contributed by atoms with Gasteiger partial charge in [0.1, 0.15) is 5.58 Å². The molecule has 0 bridgehead atoms. The van der Waals surface area contributed by atoms with Crippen LogP contribution in [0.3, 0.4) is 0 Å². The highest BCUT2D eigenvalue weighted by atomic mass is 16.3. The number of hydrogen-bond acceptors (Lipinski definition) is 2. The zero-order chi connectivity index (χ0) is 50.4. The van der Waals surface area contributed by atoms with Gasteiger partial charge in [-0.3, -0.25) is 0 Å². The minimum Gasteiger partial charge on any atom is -0.454 e. The summed E-state index contributed by atoms with van der Waals surface area (Å²) in [6.45, 7) is 29.9. The standard InChI is InChI=1S/C68H67BN2O/c1-41-37-53-49-33-34-51(59(43-23-27-45(28-24-43)65(2,3)4)44-25-29-46(30-26-44)66(5,6)7)60-62(49)71(63-50-21-17-18-22-58(50)72-64(60)63)69-54-35-31-48(68(11,12)13)40-56(54)70(57(38-41)61(53)69)55-36-32-47(67(8,9)10)39-52(55)42-19-15-14-16-20-42/h14-40,59H,1-13H3. The van der Waals surface area contributed by atoms with Crippen molar-refractivity contribution in [1.82, 2.24) is 4.48 Å². The molecule has 8 aromatic carbocycles. The van der Waals surface area contributed by atoms with E-state index >= 15 is 0 Å². The molecule has 2 aliphatic rings. The highest BCUT2D eigenvalue weighted by Gasteiger charge is 2.45. The number of anilines is 3. The maximum atomic E-state index is 7.30. The molecule has 0 atom stereocenters. The number of nitrogens with zero attached hydrogens (tertiary/aromatic N) is 2. The molecule has 0 aliphatic carbocycles. The van der Waals surface area contributed by atoms with Crippen molar-refractivity contribution in [2.45, 2.75) is 118 Å². The minimum absolute atomic E-state index is 0.0271. The van der Waals surface area contributed by atoms with Crippen LogP contribution in [0.5, 0.6) is 0 Å². The first kappa shape index (κ1) is 46.1. The molecule has 0 N–H and O–H groups in total. The second-order valence-corrected chi connectivity index (χ2v) is 25.1. The molecule has 4 heterocycles. The minimum atomic E-state index is -0.135. The van der Waals surface area contributed by atoms with Crippen LogP contribution in [0.4, 0.5) is 17.1 Å². The Morgan fingerprint density at radius 3 is 1.65 bits per heavy atom. The van der Waals surface area contributed by atoms with E-state index in [0.29, 0.717) is 0 Å². The number of aryl methyl sites for hydroxylation is 1. The zero-order valence-electron chi connectivity index (χ0n) is 44.5. The van der Waals surface area contributed by atoms with Crippen LogP contribution in [0.1, 0.15) is 134 Å². The molecule has 0 spiro atoms. The summed E-state index contributed by atoms with van der Waals surface area (Å²) in [6.07, 6.45) is 0. The number of para-hydroxylation sites is 1. The van der Waals surface area contributed by atoms with Crippen LogP contribution in [0.25, 0.3) is 55.2 Å². The van der Waals surface area contributed by atoms with Crippen LogP contribution < -0.4 is 15.8 Å². The van der Waals surface area contributed by atoms with Crippen molar-refractivity contribution in [1.29, 1.82) is 0 Å². The topological polar surface area (TPSA) is 21.3 Å². The van der Waals surface area contributed by atoms with Crippen molar-refractivity contribution in [3.05, 3.63) is 208 Å². The van der Waals surface area contributed by atoms with Gasteiger partial charge >= 0.3 is 6.85 Å². The fourth-order valence-corrected chi connectivity index (χ4v) is 12.0. The lowest BCUT2D eigenvalue weighted by molar-refractivity contribution is 0.589. The SMILES string of the molecule is Cc1cc2c3c(c1)N(c1ccc(C(C)(C)C)cc1-c1ccccc1)c1cc(C(C)(C)C)ccc1B3n1c3c-2ccc(C(c2ccc(C(C)(C)C)cc2)c2ccc(C(C)(C)C)cc2)c3c2oc3ccccc3c21.